The van der Waals surface area contributed by atoms with Gasteiger partial charge in [-0.15, -0.1) is 0 Å². The first kappa shape index (κ1) is 18.9. The molecule has 1 aliphatic heterocycles. The van der Waals surface area contributed by atoms with E-state index in [4.69, 9.17) is 0 Å². The number of hydrogen-bond donors (Lipinski definition) is 1. The van der Waals surface area contributed by atoms with E-state index in [1.54, 1.807) is 0 Å². The topological polar surface area (TPSA) is 43.8 Å². The van der Waals surface area contributed by atoms with Gasteiger partial charge in [0.25, 0.3) is 0 Å². The van der Waals surface area contributed by atoms with Crippen LogP contribution in [0.4, 0.5) is 0 Å². The first-order valence-electron chi connectivity index (χ1n) is 9.18. The summed E-state index contributed by atoms with van der Waals surface area (Å²) in [6, 6.07) is 8.57. The maximum absolute atomic E-state index is 12.6. The normalized spacial score (nSPS) is 19.0. The van der Waals surface area contributed by atoms with E-state index in [9.17, 15) is 9.90 Å². The summed E-state index contributed by atoms with van der Waals surface area (Å²) in [6.07, 6.45) is 2.12. The second-order valence-electron chi connectivity index (χ2n) is 7.32. The molecular weight excluding hydrogens is 300 g/mol. The Morgan fingerprint density at radius 3 is 2.71 bits per heavy atom. The number of piperazine rings is 1. The van der Waals surface area contributed by atoms with Crippen molar-refractivity contribution in [1.82, 2.24) is 9.80 Å². The Hall–Kier alpha value is -1.39. The molecule has 1 aliphatic rings. The molecule has 1 saturated heterocycles. The quantitative estimate of drug-likeness (QED) is 0.834. The molecular formula is C20H32N2O2. The van der Waals surface area contributed by atoms with Gasteiger partial charge in [0, 0.05) is 45.2 Å². The zero-order valence-electron chi connectivity index (χ0n) is 15.4. The molecule has 1 heterocycles. The molecule has 0 aliphatic carbocycles. The third-order valence-corrected chi connectivity index (χ3v) is 4.89. The summed E-state index contributed by atoms with van der Waals surface area (Å²) in [6.45, 7) is 10.2. The third-order valence-electron chi connectivity index (χ3n) is 4.89. The van der Waals surface area contributed by atoms with Gasteiger partial charge in [0.15, 0.2) is 0 Å². The molecule has 134 valence electrons. The lowest BCUT2D eigenvalue weighted by molar-refractivity contribution is -0.134. The van der Waals surface area contributed by atoms with Crippen molar-refractivity contribution in [3.05, 3.63) is 35.4 Å². The molecule has 0 aromatic heterocycles. The van der Waals surface area contributed by atoms with E-state index in [1.165, 1.54) is 11.1 Å². The number of nitrogens with zero attached hydrogens (tertiary/aromatic N) is 2. The third kappa shape index (κ3) is 5.32. The predicted octanol–water partition coefficient (Wildman–Crippen LogP) is 2.48. The standard InChI is InChI=1S/C20H32N2O2/c1-16(2)14-21-11-12-22(15-19(21)10-13-23)20(24)9-8-18-7-5-4-6-17(18)3/h4-7,16,19,23H,8-15H2,1-3H3. The van der Waals surface area contributed by atoms with Gasteiger partial charge in [0.2, 0.25) is 5.91 Å². The van der Waals surface area contributed by atoms with Crippen LogP contribution in [0, 0.1) is 12.8 Å². The van der Waals surface area contributed by atoms with Crippen LogP contribution >= 0.6 is 0 Å². The van der Waals surface area contributed by atoms with E-state index in [2.05, 4.69) is 37.8 Å². The Labute approximate surface area is 146 Å². The van der Waals surface area contributed by atoms with E-state index in [0.29, 0.717) is 12.3 Å². The molecule has 1 fully saturated rings. The highest BCUT2D eigenvalue weighted by Gasteiger charge is 2.29. The van der Waals surface area contributed by atoms with Crippen molar-refractivity contribution in [2.75, 3.05) is 32.8 Å². The molecule has 0 bridgehead atoms. The van der Waals surface area contributed by atoms with Crippen LogP contribution in [0.5, 0.6) is 0 Å². The number of aryl methyl sites for hydroxylation is 2. The van der Waals surface area contributed by atoms with Crippen LogP contribution < -0.4 is 0 Å². The van der Waals surface area contributed by atoms with Crippen molar-refractivity contribution in [1.29, 1.82) is 0 Å². The highest BCUT2D eigenvalue weighted by atomic mass is 16.3. The lowest BCUT2D eigenvalue weighted by Crippen LogP contribution is -2.55. The summed E-state index contributed by atoms with van der Waals surface area (Å²) in [5.74, 6) is 0.847. The van der Waals surface area contributed by atoms with Crippen LogP contribution in [0.25, 0.3) is 0 Å². The van der Waals surface area contributed by atoms with Crippen LogP contribution in [0.1, 0.15) is 37.8 Å². The zero-order valence-corrected chi connectivity index (χ0v) is 15.4. The SMILES string of the molecule is Cc1ccccc1CCC(=O)N1CCN(CC(C)C)C(CCO)C1. The molecule has 0 spiro atoms. The molecule has 1 atom stereocenters. The minimum Gasteiger partial charge on any atom is -0.396 e. The average molecular weight is 332 g/mol. The van der Waals surface area contributed by atoms with Gasteiger partial charge in [0.1, 0.15) is 0 Å². The van der Waals surface area contributed by atoms with Crippen molar-refractivity contribution < 1.29 is 9.90 Å². The number of benzene rings is 1. The Balaban J connectivity index is 1.89. The molecule has 0 saturated carbocycles. The van der Waals surface area contributed by atoms with Gasteiger partial charge in [-0.2, -0.15) is 0 Å². The average Bonchev–Trinajstić information content (AvgIpc) is 2.55. The lowest BCUT2D eigenvalue weighted by atomic mass is 10.0. The summed E-state index contributed by atoms with van der Waals surface area (Å²) >= 11 is 0. The molecule has 1 amide bonds. The van der Waals surface area contributed by atoms with Crippen LogP contribution in [-0.2, 0) is 11.2 Å². The minimum absolute atomic E-state index is 0.185. The Morgan fingerprint density at radius 2 is 2.04 bits per heavy atom. The largest absolute Gasteiger partial charge is 0.396 e. The molecule has 1 unspecified atom stereocenters. The van der Waals surface area contributed by atoms with Gasteiger partial charge in [0.05, 0.1) is 0 Å². The van der Waals surface area contributed by atoms with Crippen molar-refractivity contribution in [2.24, 2.45) is 5.92 Å². The van der Waals surface area contributed by atoms with E-state index in [1.807, 2.05) is 17.0 Å². The van der Waals surface area contributed by atoms with Crippen molar-refractivity contribution >= 4 is 5.91 Å². The molecule has 2 rings (SSSR count). The Bertz CT molecular complexity index is 530. The van der Waals surface area contributed by atoms with Crippen LogP contribution in [0.2, 0.25) is 0 Å². The fourth-order valence-corrected chi connectivity index (χ4v) is 3.54. The fourth-order valence-electron chi connectivity index (χ4n) is 3.54. The van der Waals surface area contributed by atoms with Gasteiger partial charge in [-0.1, -0.05) is 38.1 Å². The van der Waals surface area contributed by atoms with Gasteiger partial charge < -0.3 is 10.0 Å². The smallest absolute Gasteiger partial charge is 0.222 e. The number of carbonyl (C=O) groups excluding carboxylic acids is 1. The summed E-state index contributed by atoms with van der Waals surface area (Å²) in [5.41, 5.74) is 2.52. The van der Waals surface area contributed by atoms with Crippen molar-refractivity contribution in [3.8, 4) is 0 Å². The first-order valence-corrected chi connectivity index (χ1v) is 9.18. The summed E-state index contributed by atoms with van der Waals surface area (Å²) < 4.78 is 0. The Kier molecular flexibility index (Phi) is 7.25. The second-order valence-corrected chi connectivity index (χ2v) is 7.32. The Morgan fingerprint density at radius 1 is 1.29 bits per heavy atom. The maximum atomic E-state index is 12.6. The predicted molar refractivity (Wildman–Crippen MR) is 98.0 cm³/mol. The second kappa shape index (κ2) is 9.19. The van der Waals surface area contributed by atoms with Gasteiger partial charge >= 0.3 is 0 Å². The summed E-state index contributed by atoms with van der Waals surface area (Å²) in [7, 11) is 0. The molecule has 1 aromatic carbocycles. The van der Waals surface area contributed by atoms with E-state index in [0.717, 1.165) is 39.0 Å². The number of hydrogen-bond acceptors (Lipinski definition) is 3. The number of aliphatic hydroxyl groups excluding tert-OH is 1. The summed E-state index contributed by atoms with van der Waals surface area (Å²) in [4.78, 5) is 17.0. The molecule has 1 aromatic rings. The van der Waals surface area contributed by atoms with Crippen LogP contribution in [0.3, 0.4) is 0 Å². The van der Waals surface area contributed by atoms with E-state index < -0.39 is 0 Å². The van der Waals surface area contributed by atoms with E-state index in [-0.39, 0.29) is 18.6 Å². The lowest BCUT2D eigenvalue weighted by Gasteiger charge is -2.42. The van der Waals surface area contributed by atoms with Crippen LogP contribution in [-0.4, -0.2) is 59.6 Å². The zero-order chi connectivity index (χ0) is 17.5. The number of rotatable bonds is 7. The molecule has 24 heavy (non-hydrogen) atoms. The number of amides is 1. The van der Waals surface area contributed by atoms with Crippen molar-refractivity contribution in [3.63, 3.8) is 0 Å². The molecule has 0 radical (unpaired) electrons. The number of aliphatic hydroxyl groups is 1. The molecule has 4 nitrogen and oxygen atoms in total. The highest BCUT2D eigenvalue weighted by molar-refractivity contribution is 5.76. The highest BCUT2D eigenvalue weighted by Crippen LogP contribution is 2.17. The summed E-state index contributed by atoms with van der Waals surface area (Å²) in [5, 5.41) is 9.35. The van der Waals surface area contributed by atoms with E-state index >= 15 is 0 Å². The van der Waals surface area contributed by atoms with Gasteiger partial charge in [-0.25, -0.2) is 0 Å². The number of carbonyl (C=O) groups is 1. The monoisotopic (exact) mass is 332 g/mol. The minimum atomic E-state index is 0.185. The van der Waals surface area contributed by atoms with Gasteiger partial charge in [-0.05, 0) is 36.8 Å². The first-order chi connectivity index (χ1) is 11.5. The fraction of sp³-hybridized carbons (Fsp3) is 0.650. The van der Waals surface area contributed by atoms with Crippen molar-refractivity contribution in [2.45, 2.75) is 46.1 Å². The van der Waals surface area contributed by atoms with Gasteiger partial charge in [-0.3, -0.25) is 9.69 Å². The molecule has 1 N–H and O–H groups in total. The molecule has 4 heteroatoms. The maximum Gasteiger partial charge on any atom is 0.222 e. The van der Waals surface area contributed by atoms with Crippen LogP contribution in [0.15, 0.2) is 24.3 Å².